The lowest BCUT2D eigenvalue weighted by molar-refractivity contribution is -0.137. The van der Waals surface area contributed by atoms with Gasteiger partial charge in [0.1, 0.15) is 17.1 Å². The molecule has 0 saturated carbocycles. The van der Waals surface area contributed by atoms with Crippen molar-refractivity contribution in [1.82, 2.24) is 4.98 Å². The van der Waals surface area contributed by atoms with Crippen molar-refractivity contribution in [2.24, 2.45) is 0 Å². The summed E-state index contributed by atoms with van der Waals surface area (Å²) in [6, 6.07) is 11.8. The number of halogens is 4. The molecule has 1 amide bonds. The molecule has 1 heterocycles. The van der Waals surface area contributed by atoms with Crippen LogP contribution in [0.25, 0.3) is 0 Å². The van der Waals surface area contributed by atoms with Crippen LogP contribution in [-0.2, 0) is 15.7 Å². The lowest BCUT2D eigenvalue weighted by Gasteiger charge is -2.13. The van der Waals surface area contributed by atoms with Crippen molar-refractivity contribution in [1.29, 1.82) is 0 Å². The highest BCUT2D eigenvalue weighted by Crippen LogP contribution is 2.32. The summed E-state index contributed by atoms with van der Waals surface area (Å²) >= 11 is 5.91. The lowest BCUT2D eigenvalue weighted by Crippen LogP contribution is -2.21. The van der Waals surface area contributed by atoms with E-state index in [9.17, 15) is 22.8 Å². The summed E-state index contributed by atoms with van der Waals surface area (Å²) in [6.45, 7) is -0.633. The smallest absolute Gasteiger partial charge is 0.416 e. The van der Waals surface area contributed by atoms with Crippen molar-refractivity contribution >= 4 is 40.7 Å². The number of anilines is 3. The van der Waals surface area contributed by atoms with Gasteiger partial charge in [-0.2, -0.15) is 13.2 Å². The number of alkyl halides is 3. The first-order valence-electron chi connectivity index (χ1n) is 9.37. The van der Waals surface area contributed by atoms with Crippen molar-refractivity contribution in [2.75, 3.05) is 24.4 Å². The summed E-state index contributed by atoms with van der Waals surface area (Å²) in [6.07, 6.45) is -3.17. The van der Waals surface area contributed by atoms with E-state index in [2.05, 4.69) is 15.6 Å². The first-order valence-corrected chi connectivity index (χ1v) is 9.75. The Bertz CT molecular complexity index is 1170. The fraction of sp³-hybridized carbons (Fsp3) is 0.136. The monoisotopic (exact) mass is 479 g/mol. The number of pyridine rings is 1. The second-order valence-corrected chi connectivity index (χ2v) is 7.01. The van der Waals surface area contributed by atoms with Gasteiger partial charge >= 0.3 is 12.1 Å². The van der Waals surface area contributed by atoms with E-state index in [4.69, 9.17) is 21.1 Å². The van der Waals surface area contributed by atoms with Crippen LogP contribution in [0.15, 0.2) is 60.8 Å². The van der Waals surface area contributed by atoms with Gasteiger partial charge in [0.2, 0.25) is 0 Å². The van der Waals surface area contributed by atoms with Crippen molar-refractivity contribution in [2.45, 2.75) is 6.18 Å². The number of amides is 1. The summed E-state index contributed by atoms with van der Waals surface area (Å²) in [5.74, 6) is -1.22. The zero-order valence-corrected chi connectivity index (χ0v) is 17.8. The maximum atomic E-state index is 12.9. The molecule has 0 aliphatic carbocycles. The minimum atomic E-state index is -4.53. The first kappa shape index (κ1) is 23.9. The first-order chi connectivity index (χ1) is 15.7. The average molecular weight is 480 g/mol. The highest BCUT2D eigenvalue weighted by atomic mass is 35.5. The summed E-state index contributed by atoms with van der Waals surface area (Å²) in [7, 11) is 1.42. The number of aromatic nitrogens is 1. The molecular formula is C22H17ClF3N3O4. The Morgan fingerprint density at radius 1 is 1.09 bits per heavy atom. The number of hydrogen-bond donors (Lipinski definition) is 2. The Kier molecular flexibility index (Phi) is 7.39. The Morgan fingerprint density at radius 2 is 1.88 bits per heavy atom. The minimum absolute atomic E-state index is 0.0289. The molecule has 11 heteroatoms. The largest absolute Gasteiger partial charge is 0.495 e. The average Bonchev–Trinajstić information content (AvgIpc) is 2.78. The molecule has 172 valence electrons. The van der Waals surface area contributed by atoms with Crippen LogP contribution in [0.4, 0.5) is 30.4 Å². The maximum Gasteiger partial charge on any atom is 0.416 e. The molecule has 0 saturated heterocycles. The fourth-order valence-electron chi connectivity index (χ4n) is 2.75. The predicted octanol–water partition coefficient (Wildman–Crippen LogP) is 5.30. The quantitative estimate of drug-likeness (QED) is 0.447. The van der Waals surface area contributed by atoms with Crippen LogP contribution in [0.2, 0.25) is 5.02 Å². The molecule has 2 N–H and O–H groups in total. The van der Waals surface area contributed by atoms with Crippen molar-refractivity contribution in [3.8, 4) is 5.75 Å². The molecule has 0 bridgehead atoms. The van der Waals surface area contributed by atoms with Crippen LogP contribution in [0.1, 0.15) is 15.9 Å². The van der Waals surface area contributed by atoms with E-state index >= 15 is 0 Å². The van der Waals surface area contributed by atoms with Gasteiger partial charge < -0.3 is 20.1 Å². The van der Waals surface area contributed by atoms with E-state index < -0.39 is 30.2 Å². The van der Waals surface area contributed by atoms with E-state index in [0.29, 0.717) is 16.5 Å². The number of esters is 1. The van der Waals surface area contributed by atoms with E-state index in [1.807, 2.05) is 0 Å². The van der Waals surface area contributed by atoms with Gasteiger partial charge in [-0.15, -0.1) is 0 Å². The number of rotatable bonds is 7. The number of ether oxygens (including phenoxy) is 2. The van der Waals surface area contributed by atoms with E-state index in [-0.39, 0.29) is 17.1 Å². The molecule has 0 atom stereocenters. The fourth-order valence-corrected chi connectivity index (χ4v) is 2.92. The van der Waals surface area contributed by atoms with Crippen LogP contribution < -0.4 is 15.4 Å². The molecule has 7 nitrogen and oxygen atoms in total. The number of nitrogens with one attached hydrogen (secondary N) is 2. The van der Waals surface area contributed by atoms with E-state index in [0.717, 1.165) is 12.1 Å². The van der Waals surface area contributed by atoms with Gasteiger partial charge in [0.15, 0.2) is 6.61 Å². The van der Waals surface area contributed by atoms with Gasteiger partial charge in [-0.1, -0.05) is 17.7 Å². The SMILES string of the molecule is COc1ccc(Cl)cc1NC(=O)COC(=O)c1cccnc1Nc1cccc(C(F)(F)F)c1. The number of carbonyl (C=O) groups excluding carboxylic acids is 2. The molecule has 0 aliphatic heterocycles. The maximum absolute atomic E-state index is 12.9. The number of carbonyl (C=O) groups is 2. The van der Waals surface area contributed by atoms with Crippen LogP contribution in [0.3, 0.4) is 0 Å². The number of hydrogen-bond acceptors (Lipinski definition) is 6. The van der Waals surface area contributed by atoms with Crippen molar-refractivity contribution < 1.29 is 32.2 Å². The standard InChI is InChI=1S/C22H17ClF3N3O4/c1-32-18-8-7-14(23)11-17(18)29-19(30)12-33-21(31)16-6-3-9-27-20(16)28-15-5-2-4-13(10-15)22(24,25)26/h2-11H,12H2,1H3,(H,27,28)(H,29,30). The van der Waals surface area contributed by atoms with Crippen LogP contribution in [-0.4, -0.2) is 30.6 Å². The second-order valence-electron chi connectivity index (χ2n) is 6.57. The minimum Gasteiger partial charge on any atom is -0.495 e. The molecular weight excluding hydrogens is 463 g/mol. The van der Waals surface area contributed by atoms with Crippen LogP contribution >= 0.6 is 11.6 Å². The third-order valence-corrected chi connectivity index (χ3v) is 4.49. The highest BCUT2D eigenvalue weighted by Gasteiger charge is 2.30. The topological polar surface area (TPSA) is 89.5 Å². The van der Waals surface area contributed by atoms with E-state index in [1.54, 1.807) is 12.1 Å². The van der Waals surface area contributed by atoms with Crippen molar-refractivity contribution in [3.63, 3.8) is 0 Å². The molecule has 2 aromatic carbocycles. The third kappa shape index (κ3) is 6.36. The van der Waals surface area contributed by atoms with Crippen LogP contribution in [0.5, 0.6) is 5.75 Å². The Hall–Kier alpha value is -3.79. The molecule has 0 spiro atoms. The van der Waals surface area contributed by atoms with Gasteiger partial charge in [0.05, 0.1) is 18.4 Å². The van der Waals surface area contributed by atoms with E-state index in [1.165, 1.54) is 43.6 Å². The second kappa shape index (κ2) is 10.2. The Balaban J connectivity index is 1.68. The molecule has 3 rings (SSSR count). The normalized spacial score (nSPS) is 10.9. The molecule has 0 fully saturated rings. The van der Waals surface area contributed by atoms with Crippen molar-refractivity contribution in [3.05, 3.63) is 76.9 Å². The summed E-state index contributed by atoms with van der Waals surface area (Å²) in [5, 5.41) is 5.56. The van der Waals surface area contributed by atoms with Gasteiger partial charge in [-0.3, -0.25) is 4.79 Å². The lowest BCUT2D eigenvalue weighted by atomic mass is 10.2. The highest BCUT2D eigenvalue weighted by molar-refractivity contribution is 6.31. The Morgan fingerprint density at radius 3 is 2.61 bits per heavy atom. The molecule has 3 aromatic rings. The molecule has 0 radical (unpaired) electrons. The third-order valence-electron chi connectivity index (χ3n) is 4.25. The predicted molar refractivity (Wildman–Crippen MR) is 116 cm³/mol. The number of benzene rings is 2. The Labute approximate surface area is 191 Å². The van der Waals surface area contributed by atoms with Crippen LogP contribution in [0, 0.1) is 0 Å². The molecule has 0 unspecified atom stereocenters. The number of methoxy groups -OCH3 is 1. The molecule has 33 heavy (non-hydrogen) atoms. The van der Waals surface area contributed by atoms with Gasteiger partial charge in [-0.25, -0.2) is 9.78 Å². The zero-order valence-electron chi connectivity index (χ0n) is 17.1. The summed E-state index contributed by atoms with van der Waals surface area (Å²) in [4.78, 5) is 28.7. The van der Waals surface area contributed by atoms with Gasteiger partial charge in [0, 0.05) is 16.9 Å². The zero-order chi connectivity index (χ0) is 24.0. The van der Waals surface area contributed by atoms with Gasteiger partial charge in [-0.05, 0) is 48.5 Å². The summed E-state index contributed by atoms with van der Waals surface area (Å²) in [5.41, 5.74) is -0.564. The molecule has 1 aromatic heterocycles. The number of nitrogens with zero attached hydrogens (tertiary/aromatic N) is 1. The van der Waals surface area contributed by atoms with Gasteiger partial charge in [0.25, 0.3) is 5.91 Å². The molecule has 0 aliphatic rings. The summed E-state index contributed by atoms with van der Waals surface area (Å²) < 4.78 is 49.0.